The Bertz CT molecular complexity index is 1160. The second kappa shape index (κ2) is 13.8. The Morgan fingerprint density at radius 3 is 2.50 bits per heavy atom. The van der Waals surface area contributed by atoms with Crippen LogP contribution >= 0.6 is 0 Å². The standard InChI is InChI=1S/C24H41N7O7/c1-4-30(5-2)13-9-12-29(3)11-8-6-7-10-16(32)37-14-15-18(33)19(34)22(38-15)31-20-17(26-24(31)36)21(35)28-23(25)27-20/h15,18-19,22,33-34H,4-14H2,1-3H3,(H,26,36)(H3,25,27,28,35)/t15-,18?,19?,22-/m0/s1. The Kier molecular flexibility index (Phi) is 10.8. The summed E-state index contributed by atoms with van der Waals surface area (Å²) in [6.07, 6.45) is -1.47. The summed E-state index contributed by atoms with van der Waals surface area (Å²) in [5.41, 5.74) is 3.87. The molecule has 1 saturated heterocycles. The van der Waals surface area contributed by atoms with Crippen molar-refractivity contribution in [2.75, 3.05) is 52.1 Å². The summed E-state index contributed by atoms with van der Waals surface area (Å²) in [7, 11) is 2.11. The molecule has 14 heteroatoms. The number of nitrogen functional groups attached to an aromatic ring is 1. The number of imidazole rings is 1. The van der Waals surface area contributed by atoms with E-state index in [0.717, 1.165) is 56.6 Å². The first-order valence-corrected chi connectivity index (χ1v) is 13.2. The van der Waals surface area contributed by atoms with Crippen molar-refractivity contribution >= 4 is 23.1 Å². The van der Waals surface area contributed by atoms with Crippen molar-refractivity contribution in [3.05, 3.63) is 20.8 Å². The Labute approximate surface area is 220 Å². The number of rotatable bonds is 15. The van der Waals surface area contributed by atoms with Gasteiger partial charge in [-0.3, -0.25) is 19.6 Å². The number of nitrogens with one attached hydrogen (secondary N) is 2. The first kappa shape index (κ1) is 29.8. The van der Waals surface area contributed by atoms with E-state index < -0.39 is 41.8 Å². The van der Waals surface area contributed by atoms with E-state index in [2.05, 4.69) is 45.6 Å². The summed E-state index contributed by atoms with van der Waals surface area (Å²) >= 11 is 0. The summed E-state index contributed by atoms with van der Waals surface area (Å²) in [6, 6.07) is 0. The molecule has 6 N–H and O–H groups in total. The molecule has 1 aliphatic heterocycles. The molecule has 3 rings (SSSR count). The van der Waals surface area contributed by atoms with Crippen LogP contribution in [0.1, 0.15) is 52.2 Å². The largest absolute Gasteiger partial charge is 0.463 e. The lowest BCUT2D eigenvalue weighted by Crippen LogP contribution is -2.35. The van der Waals surface area contributed by atoms with E-state index in [0.29, 0.717) is 6.42 Å². The average Bonchev–Trinajstić information content (AvgIpc) is 3.35. The quantitative estimate of drug-likeness (QED) is 0.143. The fourth-order valence-electron chi connectivity index (χ4n) is 4.64. The van der Waals surface area contributed by atoms with Crippen molar-refractivity contribution in [3.63, 3.8) is 0 Å². The highest BCUT2D eigenvalue weighted by atomic mass is 16.6. The van der Waals surface area contributed by atoms with Crippen LogP contribution in [0.3, 0.4) is 0 Å². The number of nitrogens with zero attached hydrogens (tertiary/aromatic N) is 4. The molecule has 0 saturated carbocycles. The van der Waals surface area contributed by atoms with Gasteiger partial charge in [0.15, 0.2) is 17.4 Å². The molecule has 3 heterocycles. The Balaban J connectivity index is 1.40. The zero-order chi connectivity index (χ0) is 27.8. The third-order valence-electron chi connectivity index (χ3n) is 6.93. The number of aliphatic hydroxyl groups is 2. The molecule has 0 amide bonds. The first-order chi connectivity index (χ1) is 18.2. The number of unbranched alkanes of at least 4 members (excludes halogenated alkanes) is 2. The number of hydrogen-bond donors (Lipinski definition) is 5. The minimum Gasteiger partial charge on any atom is -0.463 e. The van der Waals surface area contributed by atoms with Gasteiger partial charge in [0.05, 0.1) is 0 Å². The maximum absolute atomic E-state index is 12.4. The number of H-pyrrole nitrogens is 2. The molecular weight excluding hydrogens is 498 g/mol. The van der Waals surface area contributed by atoms with E-state index in [9.17, 15) is 24.6 Å². The molecule has 14 nitrogen and oxygen atoms in total. The van der Waals surface area contributed by atoms with Gasteiger partial charge in [0.2, 0.25) is 5.95 Å². The number of carbonyl (C=O) groups excluding carboxylic acids is 1. The van der Waals surface area contributed by atoms with Crippen molar-refractivity contribution < 1.29 is 24.5 Å². The Morgan fingerprint density at radius 2 is 1.79 bits per heavy atom. The van der Waals surface area contributed by atoms with Crippen LogP contribution in [0.2, 0.25) is 0 Å². The smallest absolute Gasteiger partial charge is 0.330 e. The third-order valence-corrected chi connectivity index (χ3v) is 6.93. The molecule has 1 fully saturated rings. The highest BCUT2D eigenvalue weighted by molar-refractivity contribution is 5.70. The maximum atomic E-state index is 12.4. The van der Waals surface area contributed by atoms with Gasteiger partial charge < -0.3 is 35.2 Å². The van der Waals surface area contributed by atoms with E-state index in [1.54, 1.807) is 0 Å². The minimum absolute atomic E-state index is 0.125. The van der Waals surface area contributed by atoms with Gasteiger partial charge in [-0.15, -0.1) is 0 Å². The number of carbonyl (C=O) groups is 1. The molecule has 0 aromatic carbocycles. The van der Waals surface area contributed by atoms with Crippen LogP contribution in [-0.4, -0.2) is 110 Å². The molecule has 2 unspecified atom stereocenters. The van der Waals surface area contributed by atoms with Crippen molar-refractivity contribution in [2.45, 2.75) is 70.5 Å². The second-order valence-electron chi connectivity index (χ2n) is 9.67. The summed E-state index contributed by atoms with van der Waals surface area (Å²) < 4.78 is 11.8. The van der Waals surface area contributed by atoms with Crippen LogP contribution in [0, 0.1) is 0 Å². The van der Waals surface area contributed by atoms with Crippen LogP contribution in [0.4, 0.5) is 5.95 Å². The van der Waals surface area contributed by atoms with Gasteiger partial charge in [0.25, 0.3) is 5.56 Å². The normalized spacial score (nSPS) is 21.7. The van der Waals surface area contributed by atoms with Gasteiger partial charge in [0, 0.05) is 6.42 Å². The van der Waals surface area contributed by atoms with E-state index >= 15 is 0 Å². The number of hydrogen-bond acceptors (Lipinski definition) is 11. The predicted molar refractivity (Wildman–Crippen MR) is 141 cm³/mol. The van der Waals surface area contributed by atoms with E-state index in [4.69, 9.17) is 15.2 Å². The highest BCUT2D eigenvalue weighted by Crippen LogP contribution is 2.30. The minimum atomic E-state index is -1.53. The van der Waals surface area contributed by atoms with Crippen LogP contribution in [0.25, 0.3) is 11.2 Å². The predicted octanol–water partition coefficient (Wildman–Crippen LogP) is -0.618. The fourth-order valence-corrected chi connectivity index (χ4v) is 4.64. The van der Waals surface area contributed by atoms with Gasteiger partial charge in [-0.1, -0.05) is 20.3 Å². The Hall–Kier alpha value is -2.78. The lowest BCUT2D eigenvalue weighted by molar-refractivity contribution is -0.150. The molecule has 2 aromatic rings. The SMILES string of the molecule is CCN(CC)CCCN(C)CCCCCC(=O)OC[C@@H]1O[C@H](n2c(=O)[nH]c3c(=O)[nH]c(N)nc32)C(O)C1O. The van der Waals surface area contributed by atoms with E-state index in [1.807, 2.05) is 0 Å². The molecule has 0 spiro atoms. The number of anilines is 1. The van der Waals surface area contributed by atoms with Crippen LogP contribution < -0.4 is 17.0 Å². The van der Waals surface area contributed by atoms with E-state index in [1.165, 1.54) is 0 Å². The highest BCUT2D eigenvalue weighted by Gasteiger charge is 2.45. The number of esters is 1. The molecule has 0 bridgehead atoms. The molecular formula is C24H41N7O7. The summed E-state index contributed by atoms with van der Waals surface area (Å²) in [4.78, 5) is 49.9. The zero-order valence-corrected chi connectivity index (χ0v) is 22.4. The van der Waals surface area contributed by atoms with Gasteiger partial charge in [-0.05, 0) is 59.0 Å². The molecule has 2 aromatic heterocycles. The number of fused-ring (bicyclic) bond motifs is 1. The molecule has 38 heavy (non-hydrogen) atoms. The van der Waals surface area contributed by atoms with Gasteiger partial charge >= 0.3 is 11.7 Å². The fraction of sp³-hybridized carbons (Fsp3) is 0.750. The molecule has 1 aliphatic rings. The van der Waals surface area contributed by atoms with Crippen molar-refractivity contribution in [1.82, 2.24) is 29.3 Å². The monoisotopic (exact) mass is 539 g/mol. The molecule has 0 aliphatic carbocycles. The van der Waals surface area contributed by atoms with Crippen molar-refractivity contribution in [2.24, 2.45) is 0 Å². The van der Waals surface area contributed by atoms with Crippen LogP contribution in [-0.2, 0) is 14.3 Å². The molecule has 0 radical (unpaired) electrons. The number of aromatic amines is 2. The summed E-state index contributed by atoms with van der Waals surface area (Å²) in [5, 5.41) is 20.9. The van der Waals surface area contributed by atoms with Gasteiger partial charge in [-0.2, -0.15) is 4.98 Å². The van der Waals surface area contributed by atoms with Gasteiger partial charge in [-0.25, -0.2) is 9.36 Å². The van der Waals surface area contributed by atoms with Crippen LogP contribution in [0.5, 0.6) is 0 Å². The summed E-state index contributed by atoms with van der Waals surface area (Å²) in [5.74, 6) is -0.660. The molecule has 4 atom stereocenters. The number of ether oxygens (including phenoxy) is 2. The maximum Gasteiger partial charge on any atom is 0.330 e. The Morgan fingerprint density at radius 1 is 1.08 bits per heavy atom. The number of aliphatic hydroxyl groups excluding tert-OH is 2. The van der Waals surface area contributed by atoms with Crippen molar-refractivity contribution in [1.29, 1.82) is 0 Å². The lowest BCUT2D eigenvalue weighted by Gasteiger charge is -2.21. The third kappa shape index (κ3) is 7.41. The van der Waals surface area contributed by atoms with Gasteiger partial charge in [0.1, 0.15) is 24.9 Å². The van der Waals surface area contributed by atoms with Crippen LogP contribution in [0.15, 0.2) is 9.59 Å². The summed E-state index contributed by atoms with van der Waals surface area (Å²) in [6.45, 7) is 9.31. The van der Waals surface area contributed by atoms with Crippen molar-refractivity contribution in [3.8, 4) is 0 Å². The van der Waals surface area contributed by atoms with E-state index in [-0.39, 0.29) is 30.1 Å². The molecule has 214 valence electrons. The lowest BCUT2D eigenvalue weighted by atomic mass is 10.1. The zero-order valence-electron chi connectivity index (χ0n) is 22.4. The topological polar surface area (TPSA) is 192 Å². The number of aromatic nitrogens is 4. The average molecular weight is 540 g/mol. The second-order valence-corrected chi connectivity index (χ2v) is 9.67. The number of nitrogens with two attached hydrogens (primary N) is 1. The first-order valence-electron chi connectivity index (χ1n) is 13.2.